The van der Waals surface area contributed by atoms with Crippen LogP contribution in [-0.4, -0.2) is 30.4 Å². The molecule has 1 fully saturated rings. The maximum absolute atomic E-state index is 10.8. The van der Waals surface area contributed by atoms with Crippen molar-refractivity contribution in [3.05, 3.63) is 0 Å². The van der Waals surface area contributed by atoms with Gasteiger partial charge in [0.15, 0.2) is 11.9 Å². The second kappa shape index (κ2) is 2.19. The molecular weight excluding hydrogens is 180 g/mol. The summed E-state index contributed by atoms with van der Waals surface area (Å²) in [5.74, 6) is 3.07. The fraction of sp³-hybridized carbons (Fsp3) is 0.667. The molecule has 0 spiro atoms. The minimum absolute atomic E-state index is 0.495. The molecule has 0 N–H and O–H groups in total. The quantitative estimate of drug-likeness (QED) is 0.355. The highest BCUT2D eigenvalue weighted by Crippen LogP contribution is 2.08. The van der Waals surface area contributed by atoms with Gasteiger partial charge in [-0.3, -0.25) is 4.18 Å². The Bertz CT molecular complexity index is 277. The largest absolute Gasteiger partial charge is 0.283 e. The van der Waals surface area contributed by atoms with Gasteiger partial charge in [0.25, 0.3) is 10.1 Å². The third kappa shape index (κ3) is 1.94. The van der Waals surface area contributed by atoms with E-state index in [4.69, 9.17) is 0 Å². The van der Waals surface area contributed by atoms with Crippen molar-refractivity contribution in [1.82, 2.24) is 0 Å². The van der Waals surface area contributed by atoms with Crippen molar-refractivity contribution >= 4 is 25.8 Å². The van der Waals surface area contributed by atoms with Gasteiger partial charge >= 0.3 is 0 Å². The third-order valence-corrected chi connectivity index (χ3v) is 4.39. The monoisotopic (exact) mass is 186 g/mol. The normalized spacial score (nSPS) is 39.2. The summed E-state index contributed by atoms with van der Waals surface area (Å²) in [6, 6.07) is 0. The fourth-order valence-electron chi connectivity index (χ4n) is 0.469. The smallest absolute Gasteiger partial charge is 0.267 e. The van der Waals surface area contributed by atoms with Gasteiger partial charge in [-0.25, -0.2) is 8.39 Å². The second-order valence-electron chi connectivity index (χ2n) is 1.77. The first-order valence-corrected chi connectivity index (χ1v) is 5.68. The first kappa shape index (κ1) is 7.99. The van der Waals surface area contributed by atoms with Crippen LogP contribution < -0.4 is 0 Å². The molecule has 1 rings (SSSR count). The van der Waals surface area contributed by atoms with Crippen molar-refractivity contribution in [2.75, 3.05) is 11.9 Å². The minimum Gasteiger partial charge on any atom is -0.267 e. The topological polar surface area (TPSA) is 69.7 Å². The first-order valence-electron chi connectivity index (χ1n) is 2.28. The van der Waals surface area contributed by atoms with E-state index >= 15 is 0 Å². The van der Waals surface area contributed by atoms with Gasteiger partial charge in [-0.1, -0.05) is 0 Å². The Labute approximate surface area is 59.3 Å². The standard InChI is InChI=1S/C3H6O5S2/c1-9(4)3-10(5,6)8-2-7-9/h1-3H2. The lowest BCUT2D eigenvalue weighted by Gasteiger charge is -2.15. The Morgan fingerprint density at radius 1 is 1.20 bits per heavy atom. The van der Waals surface area contributed by atoms with Crippen molar-refractivity contribution in [3.63, 3.8) is 0 Å². The highest BCUT2D eigenvalue weighted by atomic mass is 32.3. The lowest BCUT2D eigenvalue weighted by molar-refractivity contribution is 0.133. The van der Waals surface area contributed by atoms with Gasteiger partial charge in [0.2, 0.25) is 0 Å². The van der Waals surface area contributed by atoms with Crippen LogP contribution in [0.25, 0.3) is 0 Å². The van der Waals surface area contributed by atoms with Gasteiger partial charge in [-0.2, -0.15) is 8.42 Å². The van der Waals surface area contributed by atoms with E-state index in [1.165, 1.54) is 0 Å². The summed E-state index contributed by atoms with van der Waals surface area (Å²) in [5, 5.41) is -0.653. The van der Waals surface area contributed by atoms with E-state index in [0.717, 1.165) is 0 Å². The van der Waals surface area contributed by atoms with Crippen molar-refractivity contribution in [3.8, 4) is 0 Å². The second-order valence-corrected chi connectivity index (χ2v) is 5.79. The van der Waals surface area contributed by atoms with Gasteiger partial charge in [0, 0.05) is 0 Å². The molecule has 0 radical (unpaired) electrons. The lowest BCUT2D eigenvalue weighted by atomic mass is 11.6. The molecule has 1 saturated heterocycles. The Morgan fingerprint density at radius 2 is 1.80 bits per heavy atom. The maximum Gasteiger partial charge on any atom is 0.283 e. The zero-order valence-electron chi connectivity index (χ0n) is 4.98. The molecule has 7 heteroatoms. The lowest BCUT2D eigenvalue weighted by Crippen LogP contribution is -2.28. The van der Waals surface area contributed by atoms with Crippen LogP contribution in [0.5, 0.6) is 0 Å². The third-order valence-electron chi connectivity index (χ3n) is 0.814. The van der Waals surface area contributed by atoms with Crippen molar-refractivity contribution in [2.45, 2.75) is 0 Å². The first-order chi connectivity index (χ1) is 4.41. The molecular formula is C3H6O5S2. The van der Waals surface area contributed by atoms with E-state index < -0.39 is 31.8 Å². The molecule has 1 unspecified atom stereocenters. The van der Waals surface area contributed by atoms with Gasteiger partial charge < -0.3 is 0 Å². The van der Waals surface area contributed by atoms with E-state index in [1.807, 2.05) is 0 Å². The highest BCUT2D eigenvalue weighted by molar-refractivity contribution is 8.08. The van der Waals surface area contributed by atoms with Gasteiger partial charge in [0.1, 0.15) is 0 Å². The van der Waals surface area contributed by atoms with Crippen LogP contribution in [0.1, 0.15) is 0 Å². The molecule has 1 aliphatic heterocycles. The Hall–Kier alpha value is -0.110. The summed E-state index contributed by atoms with van der Waals surface area (Å²) in [5.41, 5.74) is 0. The maximum atomic E-state index is 10.8. The highest BCUT2D eigenvalue weighted by Gasteiger charge is 2.24. The molecule has 0 amide bonds. The molecule has 1 heterocycles. The van der Waals surface area contributed by atoms with Crippen LogP contribution >= 0.6 is 0 Å². The van der Waals surface area contributed by atoms with Crippen molar-refractivity contribution < 1.29 is 21.0 Å². The molecule has 0 aromatic heterocycles. The molecule has 0 bridgehead atoms. The summed E-state index contributed by atoms with van der Waals surface area (Å²) in [6.07, 6.45) is 0. The Morgan fingerprint density at radius 3 is 2.10 bits per heavy atom. The SMILES string of the molecule is C=S1(=O)CS(=O)(=O)OCO1. The predicted molar refractivity (Wildman–Crippen MR) is 36.1 cm³/mol. The zero-order valence-corrected chi connectivity index (χ0v) is 6.61. The summed E-state index contributed by atoms with van der Waals surface area (Å²) >= 11 is 0. The van der Waals surface area contributed by atoms with Crippen LogP contribution in [0.15, 0.2) is 0 Å². The average molecular weight is 186 g/mol. The summed E-state index contributed by atoms with van der Waals surface area (Å²) in [6.45, 7) is -0.495. The van der Waals surface area contributed by atoms with Crippen LogP contribution in [0.4, 0.5) is 0 Å². The molecule has 0 aromatic carbocycles. The van der Waals surface area contributed by atoms with E-state index in [1.54, 1.807) is 0 Å². The van der Waals surface area contributed by atoms with Crippen LogP contribution in [0.3, 0.4) is 0 Å². The molecule has 0 saturated carbocycles. The Kier molecular flexibility index (Phi) is 1.75. The summed E-state index contributed by atoms with van der Waals surface area (Å²) < 4.78 is 40.5. The minimum atomic E-state index is -3.65. The molecule has 10 heavy (non-hydrogen) atoms. The summed E-state index contributed by atoms with van der Waals surface area (Å²) in [4.78, 5) is 0. The van der Waals surface area contributed by atoms with Crippen molar-refractivity contribution in [1.29, 1.82) is 0 Å². The molecule has 1 atom stereocenters. The molecule has 60 valence electrons. The van der Waals surface area contributed by atoms with E-state index in [-0.39, 0.29) is 0 Å². The zero-order chi connectivity index (χ0) is 7.83. The number of hydrogen-bond donors (Lipinski definition) is 0. The Balaban J connectivity index is 2.97. The van der Waals surface area contributed by atoms with Crippen molar-refractivity contribution in [2.24, 2.45) is 0 Å². The van der Waals surface area contributed by atoms with Crippen LogP contribution in [0.2, 0.25) is 0 Å². The molecule has 0 aliphatic carbocycles. The van der Waals surface area contributed by atoms with Gasteiger partial charge in [0.05, 0.1) is 9.80 Å². The van der Waals surface area contributed by atoms with E-state index in [0.29, 0.717) is 0 Å². The number of hydrogen-bond acceptors (Lipinski definition) is 5. The van der Waals surface area contributed by atoms with Crippen LogP contribution in [-0.2, 0) is 28.3 Å². The fourth-order valence-corrected chi connectivity index (χ4v) is 3.25. The predicted octanol–water partition coefficient (Wildman–Crippen LogP) is -1.09. The van der Waals surface area contributed by atoms with E-state index in [2.05, 4.69) is 14.2 Å². The van der Waals surface area contributed by atoms with Gasteiger partial charge in [-0.15, -0.1) is 0 Å². The molecule has 1 aliphatic rings. The van der Waals surface area contributed by atoms with E-state index in [9.17, 15) is 12.6 Å². The average Bonchev–Trinajstić information content (AvgIpc) is 1.56. The number of rotatable bonds is 0. The van der Waals surface area contributed by atoms with Gasteiger partial charge in [-0.05, 0) is 5.87 Å². The molecule has 0 aromatic rings. The van der Waals surface area contributed by atoms with Crippen LogP contribution in [0, 0.1) is 0 Å². The summed E-state index contributed by atoms with van der Waals surface area (Å²) in [7, 11) is -6.56. The molecule has 5 nitrogen and oxygen atoms in total.